The van der Waals surface area contributed by atoms with E-state index in [1.807, 2.05) is 13.0 Å². The van der Waals surface area contributed by atoms with E-state index in [2.05, 4.69) is 20.6 Å². The van der Waals surface area contributed by atoms with Gasteiger partial charge in [0.05, 0.1) is 6.10 Å². The van der Waals surface area contributed by atoms with Gasteiger partial charge in [-0.25, -0.2) is 9.97 Å². The fourth-order valence-electron chi connectivity index (χ4n) is 2.39. The predicted molar refractivity (Wildman–Crippen MR) is 72.7 cm³/mol. The fraction of sp³-hybridized carbons (Fsp3) is 0.692. The lowest BCUT2D eigenvalue weighted by molar-refractivity contribution is 0.0763. The van der Waals surface area contributed by atoms with Crippen LogP contribution in [0.2, 0.25) is 0 Å². The average molecular weight is 250 g/mol. The van der Waals surface area contributed by atoms with Crippen molar-refractivity contribution in [3.8, 4) is 0 Å². The van der Waals surface area contributed by atoms with Crippen LogP contribution < -0.4 is 10.6 Å². The number of nitrogens with zero attached hydrogens (tertiary/aromatic N) is 2. The molecule has 1 aromatic rings. The SMILES string of the molecule is CCNc1cc(NCC2CCCCC2O)ncn1. The molecule has 5 nitrogen and oxygen atoms in total. The Morgan fingerprint density at radius 1 is 1.22 bits per heavy atom. The molecule has 0 aromatic carbocycles. The molecule has 1 aliphatic rings. The zero-order valence-corrected chi connectivity index (χ0v) is 10.9. The van der Waals surface area contributed by atoms with Gasteiger partial charge >= 0.3 is 0 Å². The van der Waals surface area contributed by atoms with E-state index in [-0.39, 0.29) is 6.10 Å². The summed E-state index contributed by atoms with van der Waals surface area (Å²) in [7, 11) is 0. The van der Waals surface area contributed by atoms with Crippen molar-refractivity contribution in [3.63, 3.8) is 0 Å². The minimum absolute atomic E-state index is 0.165. The van der Waals surface area contributed by atoms with Crippen LogP contribution in [0.5, 0.6) is 0 Å². The Labute approximate surface area is 108 Å². The van der Waals surface area contributed by atoms with Crippen molar-refractivity contribution in [1.82, 2.24) is 9.97 Å². The van der Waals surface area contributed by atoms with Crippen LogP contribution in [0.4, 0.5) is 11.6 Å². The number of hydrogen-bond donors (Lipinski definition) is 3. The average Bonchev–Trinajstić information content (AvgIpc) is 2.39. The van der Waals surface area contributed by atoms with Gasteiger partial charge in [-0.1, -0.05) is 12.8 Å². The predicted octanol–water partition coefficient (Wildman–Crippen LogP) is 1.87. The maximum Gasteiger partial charge on any atom is 0.131 e. The molecule has 5 heteroatoms. The van der Waals surface area contributed by atoms with Gasteiger partial charge in [0.15, 0.2) is 0 Å². The summed E-state index contributed by atoms with van der Waals surface area (Å²) in [4.78, 5) is 8.31. The Kier molecular flexibility index (Phi) is 4.75. The summed E-state index contributed by atoms with van der Waals surface area (Å²) in [5, 5.41) is 16.3. The number of aliphatic hydroxyl groups excluding tert-OH is 1. The molecule has 1 saturated carbocycles. The van der Waals surface area contributed by atoms with Gasteiger partial charge in [0.1, 0.15) is 18.0 Å². The molecule has 0 radical (unpaired) electrons. The number of nitrogens with one attached hydrogen (secondary N) is 2. The van der Waals surface area contributed by atoms with Gasteiger partial charge in [-0.05, 0) is 19.8 Å². The molecule has 1 fully saturated rings. The molecule has 0 bridgehead atoms. The van der Waals surface area contributed by atoms with Crippen LogP contribution in [-0.4, -0.2) is 34.3 Å². The van der Waals surface area contributed by atoms with Crippen LogP contribution in [-0.2, 0) is 0 Å². The van der Waals surface area contributed by atoms with E-state index in [9.17, 15) is 5.11 Å². The summed E-state index contributed by atoms with van der Waals surface area (Å²) < 4.78 is 0. The van der Waals surface area contributed by atoms with Crippen LogP contribution in [0.1, 0.15) is 32.6 Å². The Hall–Kier alpha value is -1.36. The van der Waals surface area contributed by atoms with Gasteiger partial charge in [0.2, 0.25) is 0 Å². The van der Waals surface area contributed by atoms with Crippen LogP contribution in [0.15, 0.2) is 12.4 Å². The summed E-state index contributed by atoms with van der Waals surface area (Å²) in [6.07, 6.45) is 5.78. The Morgan fingerprint density at radius 2 is 1.94 bits per heavy atom. The van der Waals surface area contributed by atoms with E-state index in [0.717, 1.165) is 44.0 Å². The molecular weight excluding hydrogens is 228 g/mol. The first-order chi connectivity index (χ1) is 8.79. The van der Waals surface area contributed by atoms with Gasteiger partial charge < -0.3 is 15.7 Å². The lowest BCUT2D eigenvalue weighted by Crippen LogP contribution is -2.30. The number of hydrogen-bond acceptors (Lipinski definition) is 5. The first-order valence-corrected chi connectivity index (χ1v) is 6.77. The molecule has 100 valence electrons. The number of aromatic nitrogens is 2. The molecular formula is C13H22N4O. The summed E-state index contributed by atoms with van der Waals surface area (Å²) in [5.74, 6) is 1.99. The Balaban J connectivity index is 1.87. The fourth-order valence-corrected chi connectivity index (χ4v) is 2.39. The monoisotopic (exact) mass is 250 g/mol. The van der Waals surface area contributed by atoms with Crippen LogP contribution in [0, 0.1) is 5.92 Å². The van der Waals surface area contributed by atoms with E-state index >= 15 is 0 Å². The topological polar surface area (TPSA) is 70.1 Å². The van der Waals surface area contributed by atoms with Crippen molar-refractivity contribution in [2.45, 2.75) is 38.7 Å². The van der Waals surface area contributed by atoms with Crippen LogP contribution >= 0.6 is 0 Å². The number of anilines is 2. The highest BCUT2D eigenvalue weighted by molar-refractivity contribution is 5.46. The van der Waals surface area contributed by atoms with Gasteiger partial charge in [-0.15, -0.1) is 0 Å². The molecule has 18 heavy (non-hydrogen) atoms. The zero-order valence-electron chi connectivity index (χ0n) is 10.9. The Morgan fingerprint density at radius 3 is 2.67 bits per heavy atom. The number of rotatable bonds is 5. The molecule has 1 aliphatic carbocycles. The smallest absolute Gasteiger partial charge is 0.131 e. The van der Waals surface area contributed by atoms with Crippen molar-refractivity contribution in [2.75, 3.05) is 23.7 Å². The standard InChI is InChI=1S/C13H22N4O/c1-2-14-12-7-13(17-9-16-12)15-8-10-5-3-4-6-11(10)18/h7,9-11,18H,2-6,8H2,1H3,(H2,14,15,16,17). The maximum atomic E-state index is 9.90. The first-order valence-electron chi connectivity index (χ1n) is 6.77. The van der Waals surface area contributed by atoms with Crippen molar-refractivity contribution < 1.29 is 5.11 Å². The first kappa shape index (κ1) is 13.1. The summed E-state index contributed by atoms with van der Waals surface area (Å²) in [5.41, 5.74) is 0. The van der Waals surface area contributed by atoms with Crippen molar-refractivity contribution in [3.05, 3.63) is 12.4 Å². The highest BCUT2D eigenvalue weighted by atomic mass is 16.3. The highest BCUT2D eigenvalue weighted by Gasteiger charge is 2.22. The Bertz CT molecular complexity index is 372. The molecule has 2 atom stereocenters. The lowest BCUT2D eigenvalue weighted by Gasteiger charge is -2.27. The quantitative estimate of drug-likeness (QED) is 0.744. The molecule has 3 N–H and O–H groups in total. The third kappa shape index (κ3) is 3.57. The largest absolute Gasteiger partial charge is 0.393 e. The molecule has 2 rings (SSSR count). The van der Waals surface area contributed by atoms with E-state index in [1.165, 1.54) is 6.42 Å². The zero-order chi connectivity index (χ0) is 12.8. The lowest BCUT2D eigenvalue weighted by atomic mass is 9.86. The molecule has 1 heterocycles. The second kappa shape index (κ2) is 6.54. The van der Waals surface area contributed by atoms with Gasteiger partial charge in [0.25, 0.3) is 0 Å². The molecule has 0 aliphatic heterocycles. The van der Waals surface area contributed by atoms with E-state index < -0.39 is 0 Å². The molecule has 2 unspecified atom stereocenters. The van der Waals surface area contributed by atoms with Gasteiger partial charge in [-0.2, -0.15) is 0 Å². The molecule has 0 amide bonds. The summed E-state index contributed by atoms with van der Waals surface area (Å²) in [6, 6.07) is 1.90. The molecule has 0 spiro atoms. The highest BCUT2D eigenvalue weighted by Crippen LogP contribution is 2.24. The van der Waals surface area contributed by atoms with Gasteiger partial charge in [-0.3, -0.25) is 0 Å². The minimum Gasteiger partial charge on any atom is -0.393 e. The number of aliphatic hydroxyl groups is 1. The minimum atomic E-state index is -0.165. The molecule has 0 saturated heterocycles. The van der Waals surface area contributed by atoms with Crippen molar-refractivity contribution in [2.24, 2.45) is 5.92 Å². The van der Waals surface area contributed by atoms with E-state index in [0.29, 0.717) is 5.92 Å². The third-order valence-corrected chi connectivity index (χ3v) is 3.44. The second-order valence-electron chi connectivity index (χ2n) is 4.81. The molecule has 1 aromatic heterocycles. The summed E-state index contributed by atoms with van der Waals surface area (Å²) in [6.45, 7) is 3.66. The van der Waals surface area contributed by atoms with E-state index in [4.69, 9.17) is 0 Å². The van der Waals surface area contributed by atoms with Crippen LogP contribution in [0.3, 0.4) is 0 Å². The van der Waals surface area contributed by atoms with Crippen molar-refractivity contribution in [1.29, 1.82) is 0 Å². The maximum absolute atomic E-state index is 9.90. The third-order valence-electron chi connectivity index (χ3n) is 3.44. The normalized spacial score (nSPS) is 23.7. The second-order valence-corrected chi connectivity index (χ2v) is 4.81. The van der Waals surface area contributed by atoms with E-state index in [1.54, 1.807) is 6.33 Å². The van der Waals surface area contributed by atoms with Crippen LogP contribution in [0.25, 0.3) is 0 Å². The van der Waals surface area contributed by atoms with Gasteiger partial charge in [0, 0.05) is 25.1 Å². The summed E-state index contributed by atoms with van der Waals surface area (Å²) >= 11 is 0. The van der Waals surface area contributed by atoms with Crippen molar-refractivity contribution >= 4 is 11.6 Å².